The third-order valence-electron chi connectivity index (χ3n) is 3.36. The van der Waals surface area contributed by atoms with Gasteiger partial charge in [0.1, 0.15) is 11.0 Å². The Morgan fingerprint density at radius 2 is 2.19 bits per heavy atom. The highest BCUT2D eigenvalue weighted by Crippen LogP contribution is 2.17. The first-order chi connectivity index (χ1) is 9.81. The van der Waals surface area contributed by atoms with E-state index in [1.807, 2.05) is 0 Å². The third kappa shape index (κ3) is 3.58. The van der Waals surface area contributed by atoms with Gasteiger partial charge in [-0.15, -0.1) is 0 Å². The van der Waals surface area contributed by atoms with Gasteiger partial charge in [0, 0.05) is 12.1 Å². The van der Waals surface area contributed by atoms with Gasteiger partial charge in [-0.05, 0) is 37.5 Å². The zero-order chi connectivity index (χ0) is 15.6. The molecule has 1 aliphatic heterocycles. The van der Waals surface area contributed by atoms with Crippen LogP contribution in [0.4, 0.5) is 0 Å². The summed E-state index contributed by atoms with van der Waals surface area (Å²) in [5.74, 6) is -0.290. The topological polar surface area (TPSA) is 101 Å². The first-order valence-electron chi connectivity index (χ1n) is 6.52. The van der Waals surface area contributed by atoms with Crippen LogP contribution in [-0.4, -0.2) is 31.9 Å². The minimum Gasteiger partial charge on any atom is -0.389 e. The van der Waals surface area contributed by atoms with Crippen LogP contribution >= 0.6 is 12.2 Å². The molecule has 4 N–H and O–H groups in total. The maximum atomic E-state index is 12.3. The molecule has 1 amide bonds. The van der Waals surface area contributed by atoms with E-state index in [4.69, 9.17) is 18.0 Å². The van der Waals surface area contributed by atoms with Crippen LogP contribution in [0.2, 0.25) is 0 Å². The highest BCUT2D eigenvalue weighted by atomic mass is 32.2. The third-order valence-corrected chi connectivity index (χ3v) is 5.05. The molecule has 0 radical (unpaired) electrons. The number of benzene rings is 1. The normalized spacial score (nSPS) is 19.1. The fraction of sp³-hybridized carbons (Fsp3) is 0.385. The number of aryl methyl sites for hydroxylation is 1. The smallest absolute Gasteiger partial charge is 0.241 e. The lowest BCUT2D eigenvalue weighted by Crippen LogP contribution is -2.50. The number of carbonyl (C=O) groups is 1. The molecule has 114 valence electrons. The molecule has 21 heavy (non-hydrogen) atoms. The van der Waals surface area contributed by atoms with Gasteiger partial charge >= 0.3 is 0 Å². The molecular formula is C13H17N3O3S2. The molecule has 6 nitrogen and oxygen atoms in total. The Balaban J connectivity index is 2.25. The Labute approximate surface area is 129 Å². The molecule has 1 saturated heterocycles. The predicted molar refractivity (Wildman–Crippen MR) is 83.4 cm³/mol. The molecule has 2 rings (SSSR count). The van der Waals surface area contributed by atoms with Crippen LogP contribution in [0.5, 0.6) is 0 Å². The molecular weight excluding hydrogens is 310 g/mol. The van der Waals surface area contributed by atoms with Crippen molar-refractivity contribution in [3.05, 3.63) is 29.3 Å². The number of nitrogens with one attached hydrogen (secondary N) is 2. The molecule has 1 aliphatic rings. The lowest BCUT2D eigenvalue weighted by atomic mass is 10.1. The van der Waals surface area contributed by atoms with Gasteiger partial charge in [-0.25, -0.2) is 8.42 Å². The summed E-state index contributed by atoms with van der Waals surface area (Å²) in [6.45, 7) is 2.32. The van der Waals surface area contributed by atoms with Crippen LogP contribution in [0.25, 0.3) is 0 Å². The molecule has 0 aliphatic carbocycles. The minimum absolute atomic E-state index is 0.0957. The molecule has 8 heteroatoms. The van der Waals surface area contributed by atoms with Gasteiger partial charge in [-0.1, -0.05) is 18.3 Å². The van der Waals surface area contributed by atoms with E-state index in [2.05, 4.69) is 10.0 Å². The number of carbonyl (C=O) groups excluding carboxylic acids is 1. The second-order valence-corrected chi connectivity index (χ2v) is 7.10. The van der Waals surface area contributed by atoms with Crippen LogP contribution in [0.1, 0.15) is 24.0 Å². The van der Waals surface area contributed by atoms with Crippen molar-refractivity contribution in [1.82, 2.24) is 10.0 Å². The zero-order valence-corrected chi connectivity index (χ0v) is 13.2. The molecule has 1 heterocycles. The first-order valence-corrected chi connectivity index (χ1v) is 8.41. The number of piperidine rings is 1. The molecule has 1 aromatic rings. The summed E-state index contributed by atoms with van der Waals surface area (Å²) in [5, 5.41) is 2.64. The number of thiocarbonyl (C=S) groups is 1. The number of rotatable bonds is 4. The van der Waals surface area contributed by atoms with Crippen molar-refractivity contribution >= 4 is 33.1 Å². The number of sulfonamides is 1. The standard InChI is InChI=1S/C13H17N3O3S2/c1-8-7-9(4-5-10(8)12(14)20)21(18,19)16-11-3-2-6-15-13(11)17/h4-5,7,11,16H,2-3,6H2,1H3,(H2,14,20)(H,15,17). The summed E-state index contributed by atoms with van der Waals surface area (Å²) in [7, 11) is -3.75. The second kappa shape index (κ2) is 6.08. The molecule has 1 unspecified atom stereocenters. The largest absolute Gasteiger partial charge is 0.389 e. The van der Waals surface area contributed by atoms with E-state index in [0.29, 0.717) is 24.1 Å². The van der Waals surface area contributed by atoms with Crippen LogP contribution in [0.15, 0.2) is 23.1 Å². The minimum atomic E-state index is -3.75. The van der Waals surface area contributed by atoms with Crippen molar-refractivity contribution in [1.29, 1.82) is 0 Å². The van der Waals surface area contributed by atoms with Gasteiger partial charge in [0.25, 0.3) is 0 Å². The van der Waals surface area contributed by atoms with Gasteiger partial charge in [0.05, 0.1) is 4.90 Å². The van der Waals surface area contributed by atoms with Crippen LogP contribution in [0, 0.1) is 6.92 Å². The average molecular weight is 327 g/mol. The molecule has 1 aromatic carbocycles. The molecule has 1 fully saturated rings. The first kappa shape index (κ1) is 15.9. The van der Waals surface area contributed by atoms with Gasteiger partial charge in [0.15, 0.2) is 0 Å². The fourth-order valence-electron chi connectivity index (χ4n) is 2.22. The van der Waals surface area contributed by atoms with E-state index in [-0.39, 0.29) is 15.8 Å². The van der Waals surface area contributed by atoms with E-state index in [1.54, 1.807) is 13.0 Å². The fourth-order valence-corrected chi connectivity index (χ4v) is 3.76. The molecule has 0 spiro atoms. The van der Waals surface area contributed by atoms with Crippen molar-refractivity contribution in [3.8, 4) is 0 Å². The molecule has 0 bridgehead atoms. The van der Waals surface area contributed by atoms with Crippen molar-refractivity contribution < 1.29 is 13.2 Å². The Morgan fingerprint density at radius 3 is 2.76 bits per heavy atom. The van der Waals surface area contributed by atoms with E-state index in [1.165, 1.54) is 12.1 Å². The van der Waals surface area contributed by atoms with Crippen molar-refractivity contribution in [2.75, 3.05) is 6.54 Å². The average Bonchev–Trinajstić information content (AvgIpc) is 2.40. The van der Waals surface area contributed by atoms with E-state index < -0.39 is 16.1 Å². The maximum absolute atomic E-state index is 12.3. The summed E-state index contributed by atoms with van der Waals surface area (Å²) in [6.07, 6.45) is 1.24. The van der Waals surface area contributed by atoms with E-state index >= 15 is 0 Å². The summed E-state index contributed by atoms with van der Waals surface area (Å²) in [5.41, 5.74) is 6.87. The van der Waals surface area contributed by atoms with E-state index in [0.717, 1.165) is 6.42 Å². The Morgan fingerprint density at radius 1 is 1.48 bits per heavy atom. The van der Waals surface area contributed by atoms with Gasteiger partial charge in [-0.2, -0.15) is 4.72 Å². The van der Waals surface area contributed by atoms with Gasteiger partial charge < -0.3 is 11.1 Å². The molecule has 0 aromatic heterocycles. The summed E-state index contributed by atoms with van der Waals surface area (Å²) < 4.78 is 27.1. The molecule has 1 atom stereocenters. The van der Waals surface area contributed by atoms with Crippen LogP contribution in [0.3, 0.4) is 0 Å². The number of nitrogens with two attached hydrogens (primary N) is 1. The number of hydrogen-bond acceptors (Lipinski definition) is 4. The van der Waals surface area contributed by atoms with Gasteiger partial charge in [-0.3, -0.25) is 4.79 Å². The van der Waals surface area contributed by atoms with E-state index in [9.17, 15) is 13.2 Å². The number of amides is 1. The lowest BCUT2D eigenvalue weighted by Gasteiger charge is -2.22. The Hall–Kier alpha value is -1.51. The SMILES string of the molecule is Cc1cc(S(=O)(=O)NC2CCCNC2=O)ccc1C(N)=S. The van der Waals surface area contributed by atoms with Gasteiger partial charge in [0.2, 0.25) is 15.9 Å². The molecule has 0 saturated carbocycles. The van der Waals surface area contributed by atoms with Crippen LogP contribution in [-0.2, 0) is 14.8 Å². The van der Waals surface area contributed by atoms with Crippen molar-refractivity contribution in [2.45, 2.75) is 30.7 Å². The highest BCUT2D eigenvalue weighted by Gasteiger charge is 2.27. The Bertz CT molecular complexity index is 686. The zero-order valence-electron chi connectivity index (χ0n) is 11.5. The number of hydrogen-bond donors (Lipinski definition) is 3. The van der Waals surface area contributed by atoms with Crippen molar-refractivity contribution in [2.24, 2.45) is 5.73 Å². The summed E-state index contributed by atoms with van der Waals surface area (Å²) in [4.78, 5) is 12.0. The summed E-state index contributed by atoms with van der Waals surface area (Å²) in [6, 6.07) is 3.79. The maximum Gasteiger partial charge on any atom is 0.241 e. The lowest BCUT2D eigenvalue weighted by molar-refractivity contribution is -0.124. The quantitative estimate of drug-likeness (QED) is 0.685. The highest BCUT2D eigenvalue weighted by molar-refractivity contribution is 7.89. The van der Waals surface area contributed by atoms with Crippen LogP contribution < -0.4 is 15.8 Å². The predicted octanol–water partition coefficient (Wildman–Crippen LogP) is 0.186. The van der Waals surface area contributed by atoms with Crippen molar-refractivity contribution in [3.63, 3.8) is 0 Å². The summed E-state index contributed by atoms with van der Waals surface area (Å²) >= 11 is 4.89. The Kier molecular flexibility index (Phi) is 4.60. The monoisotopic (exact) mass is 327 g/mol. The second-order valence-electron chi connectivity index (χ2n) is 4.95.